The molecule has 2 amide bonds. The zero-order chi connectivity index (χ0) is 15.9. The average Bonchev–Trinajstić information content (AvgIpc) is 2.54. The summed E-state index contributed by atoms with van der Waals surface area (Å²) in [5, 5.41) is 2.92. The Hall–Kier alpha value is -1.85. The van der Waals surface area contributed by atoms with E-state index in [1.807, 2.05) is 4.90 Å². The number of unbranched alkanes of at least 4 members (excludes halogenated alkanes) is 2. The van der Waals surface area contributed by atoms with Crippen LogP contribution in [-0.4, -0.2) is 43.7 Å². The van der Waals surface area contributed by atoms with Crippen LogP contribution in [0.25, 0.3) is 0 Å². The fourth-order valence-corrected chi connectivity index (χ4v) is 2.53. The van der Waals surface area contributed by atoms with Crippen molar-refractivity contribution in [1.29, 1.82) is 0 Å². The molecule has 1 aromatic rings. The van der Waals surface area contributed by atoms with Crippen LogP contribution in [0, 0.1) is 11.6 Å². The average molecular weight is 311 g/mol. The number of hydrogen-bond donors (Lipinski definition) is 1. The maximum atomic E-state index is 13.3. The number of nitrogens with zero attached hydrogens (tertiary/aromatic N) is 2. The lowest BCUT2D eigenvalue weighted by molar-refractivity contribution is 0.194. The number of hydrogen-bond acceptors (Lipinski definition) is 2. The maximum absolute atomic E-state index is 13.3. The van der Waals surface area contributed by atoms with Crippen LogP contribution in [0.15, 0.2) is 18.2 Å². The highest BCUT2D eigenvalue weighted by molar-refractivity contribution is 5.74. The van der Waals surface area contributed by atoms with E-state index in [0.29, 0.717) is 38.4 Å². The Morgan fingerprint density at radius 2 is 1.86 bits per heavy atom. The fraction of sp³-hybridized carbons (Fsp3) is 0.562. The fourth-order valence-electron chi connectivity index (χ4n) is 2.53. The van der Waals surface area contributed by atoms with Crippen molar-refractivity contribution >= 4 is 11.7 Å². The molecule has 1 N–H and O–H groups in total. The standard InChI is InChI=1S/C16H23F2N3O/c1-2-3-4-7-19-16(22)21-10-8-20(9-11-21)13-5-6-14(17)15(18)12-13/h5-6,12H,2-4,7-11H2,1H3,(H,19,22). The van der Waals surface area contributed by atoms with Gasteiger partial charge in [0.15, 0.2) is 11.6 Å². The smallest absolute Gasteiger partial charge is 0.317 e. The molecule has 0 spiro atoms. The van der Waals surface area contributed by atoms with Crippen LogP contribution in [0.1, 0.15) is 26.2 Å². The lowest BCUT2D eigenvalue weighted by atomic mass is 10.2. The second kappa shape index (κ2) is 7.96. The molecule has 0 aromatic heterocycles. The van der Waals surface area contributed by atoms with Crippen LogP contribution < -0.4 is 10.2 Å². The molecular formula is C16H23F2N3O. The molecule has 6 heteroatoms. The number of amides is 2. The molecule has 0 atom stereocenters. The summed E-state index contributed by atoms with van der Waals surface area (Å²) in [6.45, 7) is 5.23. The number of halogens is 2. The number of benzene rings is 1. The topological polar surface area (TPSA) is 35.6 Å². The number of nitrogens with one attached hydrogen (secondary N) is 1. The van der Waals surface area contributed by atoms with Crippen molar-refractivity contribution in [1.82, 2.24) is 10.2 Å². The van der Waals surface area contributed by atoms with Gasteiger partial charge in [-0.05, 0) is 18.6 Å². The van der Waals surface area contributed by atoms with Crippen LogP contribution in [-0.2, 0) is 0 Å². The molecule has 1 heterocycles. The van der Waals surface area contributed by atoms with Crippen molar-refractivity contribution in [3.8, 4) is 0 Å². The third-order valence-corrected chi connectivity index (χ3v) is 3.89. The van der Waals surface area contributed by atoms with Gasteiger partial charge >= 0.3 is 6.03 Å². The summed E-state index contributed by atoms with van der Waals surface area (Å²) in [4.78, 5) is 15.7. The Kier molecular flexibility index (Phi) is 5.98. The lowest BCUT2D eigenvalue weighted by Gasteiger charge is -2.36. The third-order valence-electron chi connectivity index (χ3n) is 3.89. The minimum Gasteiger partial charge on any atom is -0.368 e. The van der Waals surface area contributed by atoms with E-state index in [4.69, 9.17) is 0 Å². The van der Waals surface area contributed by atoms with E-state index >= 15 is 0 Å². The molecule has 0 saturated carbocycles. The Labute approximate surface area is 130 Å². The molecule has 1 saturated heterocycles. The number of rotatable bonds is 5. The van der Waals surface area contributed by atoms with Crippen LogP contribution in [0.5, 0.6) is 0 Å². The molecule has 4 nitrogen and oxygen atoms in total. The van der Waals surface area contributed by atoms with Gasteiger partial charge in [0.05, 0.1) is 0 Å². The highest BCUT2D eigenvalue weighted by Gasteiger charge is 2.21. The second-order valence-electron chi connectivity index (χ2n) is 5.51. The summed E-state index contributed by atoms with van der Waals surface area (Å²) in [7, 11) is 0. The Balaban J connectivity index is 1.79. The van der Waals surface area contributed by atoms with E-state index in [9.17, 15) is 13.6 Å². The van der Waals surface area contributed by atoms with E-state index in [1.54, 1.807) is 11.0 Å². The van der Waals surface area contributed by atoms with E-state index in [-0.39, 0.29) is 6.03 Å². The molecule has 2 rings (SSSR count). The zero-order valence-corrected chi connectivity index (χ0v) is 12.9. The monoisotopic (exact) mass is 311 g/mol. The number of anilines is 1. The predicted octanol–water partition coefficient (Wildman–Crippen LogP) is 2.99. The van der Waals surface area contributed by atoms with Crippen molar-refractivity contribution in [3.63, 3.8) is 0 Å². The Morgan fingerprint density at radius 3 is 2.50 bits per heavy atom. The molecule has 0 bridgehead atoms. The second-order valence-corrected chi connectivity index (χ2v) is 5.51. The van der Waals surface area contributed by atoms with Crippen molar-refractivity contribution < 1.29 is 13.6 Å². The Morgan fingerprint density at radius 1 is 1.14 bits per heavy atom. The summed E-state index contributed by atoms with van der Waals surface area (Å²) < 4.78 is 26.2. The highest BCUT2D eigenvalue weighted by Crippen LogP contribution is 2.19. The van der Waals surface area contributed by atoms with E-state index in [0.717, 1.165) is 25.3 Å². The number of piperazine rings is 1. The molecule has 1 aliphatic heterocycles. The molecule has 0 radical (unpaired) electrons. The summed E-state index contributed by atoms with van der Waals surface area (Å²) in [5.41, 5.74) is 0.655. The molecule has 1 aromatic carbocycles. The van der Waals surface area contributed by atoms with Crippen LogP contribution >= 0.6 is 0 Å². The molecule has 0 aliphatic carbocycles. The summed E-state index contributed by atoms with van der Waals surface area (Å²) in [5.74, 6) is -1.68. The zero-order valence-electron chi connectivity index (χ0n) is 12.9. The van der Waals surface area contributed by atoms with Gasteiger partial charge in [-0.2, -0.15) is 0 Å². The lowest BCUT2D eigenvalue weighted by Crippen LogP contribution is -2.52. The van der Waals surface area contributed by atoms with Gasteiger partial charge in [-0.3, -0.25) is 0 Å². The van der Waals surface area contributed by atoms with Crippen LogP contribution in [0.4, 0.5) is 19.3 Å². The first-order chi connectivity index (χ1) is 10.6. The van der Waals surface area contributed by atoms with Crippen molar-refractivity contribution in [3.05, 3.63) is 29.8 Å². The maximum Gasteiger partial charge on any atom is 0.317 e. The van der Waals surface area contributed by atoms with Gasteiger partial charge in [0.25, 0.3) is 0 Å². The van der Waals surface area contributed by atoms with E-state index in [2.05, 4.69) is 12.2 Å². The Bertz CT molecular complexity index is 502. The SMILES string of the molecule is CCCCCNC(=O)N1CCN(c2ccc(F)c(F)c2)CC1. The van der Waals surface area contributed by atoms with Crippen molar-refractivity contribution in [2.45, 2.75) is 26.2 Å². The van der Waals surface area contributed by atoms with Crippen molar-refractivity contribution in [2.24, 2.45) is 0 Å². The predicted molar refractivity (Wildman–Crippen MR) is 83.1 cm³/mol. The van der Waals surface area contributed by atoms with Crippen molar-refractivity contribution in [2.75, 3.05) is 37.6 Å². The normalized spacial score (nSPS) is 15.0. The number of carbonyl (C=O) groups is 1. The molecular weight excluding hydrogens is 288 g/mol. The van der Waals surface area contributed by atoms with Gasteiger partial charge in [0, 0.05) is 44.5 Å². The summed E-state index contributed by atoms with van der Waals surface area (Å²) in [6.07, 6.45) is 3.24. The van der Waals surface area contributed by atoms with Crippen LogP contribution in [0.3, 0.4) is 0 Å². The molecule has 22 heavy (non-hydrogen) atoms. The first kappa shape index (κ1) is 16.5. The van der Waals surface area contributed by atoms with Gasteiger partial charge in [-0.15, -0.1) is 0 Å². The van der Waals surface area contributed by atoms with Crippen LogP contribution in [0.2, 0.25) is 0 Å². The molecule has 0 unspecified atom stereocenters. The summed E-state index contributed by atoms with van der Waals surface area (Å²) in [6, 6.07) is 3.87. The minimum atomic E-state index is -0.839. The first-order valence-electron chi connectivity index (χ1n) is 7.84. The number of carbonyl (C=O) groups excluding carboxylic acids is 1. The molecule has 122 valence electrons. The molecule has 1 fully saturated rings. The minimum absolute atomic E-state index is 0.0407. The van der Waals surface area contributed by atoms with Gasteiger partial charge in [-0.25, -0.2) is 13.6 Å². The quantitative estimate of drug-likeness (QED) is 0.849. The summed E-state index contributed by atoms with van der Waals surface area (Å²) >= 11 is 0. The van der Waals surface area contributed by atoms with Gasteiger partial charge < -0.3 is 15.1 Å². The first-order valence-corrected chi connectivity index (χ1v) is 7.84. The van der Waals surface area contributed by atoms with Gasteiger partial charge in [-0.1, -0.05) is 19.8 Å². The number of urea groups is 1. The largest absolute Gasteiger partial charge is 0.368 e. The third kappa shape index (κ3) is 4.32. The highest BCUT2D eigenvalue weighted by atomic mass is 19.2. The van der Waals surface area contributed by atoms with Gasteiger partial charge in [0.2, 0.25) is 0 Å². The van der Waals surface area contributed by atoms with E-state index < -0.39 is 11.6 Å². The molecule has 1 aliphatic rings. The van der Waals surface area contributed by atoms with E-state index in [1.165, 1.54) is 6.07 Å². The van der Waals surface area contributed by atoms with Gasteiger partial charge in [0.1, 0.15) is 0 Å².